The normalized spacial score (nSPS) is 37.4. The fourth-order valence-corrected chi connectivity index (χ4v) is 1.56. The highest BCUT2D eigenvalue weighted by Gasteiger charge is 2.36. The lowest BCUT2D eigenvalue weighted by Gasteiger charge is -2.14. The zero-order chi connectivity index (χ0) is 8.43. The lowest BCUT2D eigenvalue weighted by Crippen LogP contribution is -2.30. The largest absolute Gasteiger partial charge is 0.394 e. The van der Waals surface area contributed by atoms with Gasteiger partial charge in [0.15, 0.2) is 0 Å². The zero-order valence-corrected chi connectivity index (χ0v) is 6.68. The van der Waals surface area contributed by atoms with E-state index in [-0.39, 0.29) is 18.6 Å². The summed E-state index contributed by atoms with van der Waals surface area (Å²) < 4.78 is 13.1. The fourth-order valence-electron chi connectivity index (χ4n) is 1.56. The van der Waals surface area contributed by atoms with Crippen molar-refractivity contribution < 1.29 is 9.50 Å². The number of allylic oxidation sites excluding steroid dienone is 1. The molecule has 1 aliphatic heterocycles. The van der Waals surface area contributed by atoms with Gasteiger partial charge in [-0.25, -0.2) is 4.39 Å². The summed E-state index contributed by atoms with van der Waals surface area (Å²) in [7, 11) is 0. The molecule has 1 aliphatic rings. The van der Waals surface area contributed by atoms with Crippen LogP contribution in [0.25, 0.3) is 0 Å². The smallest absolute Gasteiger partial charge is 0.144 e. The molecular weight excluding hydrogens is 145 g/mol. The first-order valence-corrected chi connectivity index (χ1v) is 3.91. The van der Waals surface area contributed by atoms with Gasteiger partial charge in [-0.1, -0.05) is 13.5 Å². The Balaban J connectivity index is 2.64. The molecule has 3 atom stereocenters. The predicted molar refractivity (Wildman–Crippen MR) is 41.8 cm³/mol. The average Bonchev–Trinajstić information content (AvgIpc) is 2.28. The van der Waals surface area contributed by atoms with Crippen molar-refractivity contribution in [2.45, 2.75) is 25.6 Å². The molecule has 0 unspecified atom stereocenters. The van der Waals surface area contributed by atoms with Gasteiger partial charge in [0.1, 0.15) is 6.17 Å². The van der Waals surface area contributed by atoms with Gasteiger partial charge >= 0.3 is 0 Å². The predicted octanol–water partition coefficient (Wildman–Crippen LogP) is 0.828. The Kier molecular flexibility index (Phi) is 2.49. The molecule has 0 amide bonds. The van der Waals surface area contributed by atoms with Crippen molar-refractivity contribution in [3.8, 4) is 0 Å². The second kappa shape index (κ2) is 3.22. The summed E-state index contributed by atoms with van der Waals surface area (Å²) >= 11 is 0. The summed E-state index contributed by atoms with van der Waals surface area (Å²) in [5.41, 5.74) is 0.413. The van der Waals surface area contributed by atoms with Gasteiger partial charge in [-0.3, -0.25) is 0 Å². The van der Waals surface area contributed by atoms with Crippen LogP contribution in [0.2, 0.25) is 0 Å². The van der Waals surface area contributed by atoms with E-state index in [4.69, 9.17) is 5.11 Å². The molecule has 0 spiro atoms. The maximum absolute atomic E-state index is 13.1. The highest BCUT2D eigenvalue weighted by atomic mass is 19.1. The number of hydrogen-bond donors (Lipinski definition) is 2. The van der Waals surface area contributed by atoms with Crippen LogP contribution in [0.1, 0.15) is 13.3 Å². The molecule has 1 heterocycles. The maximum Gasteiger partial charge on any atom is 0.144 e. The van der Waals surface area contributed by atoms with Gasteiger partial charge in [0.2, 0.25) is 0 Å². The van der Waals surface area contributed by atoms with Gasteiger partial charge in [0.05, 0.1) is 12.6 Å². The monoisotopic (exact) mass is 159 g/mol. The molecule has 0 aromatic carbocycles. The van der Waals surface area contributed by atoms with E-state index in [2.05, 4.69) is 11.9 Å². The zero-order valence-electron chi connectivity index (χ0n) is 6.68. The summed E-state index contributed by atoms with van der Waals surface area (Å²) in [6.07, 6.45) is -0.254. The molecular formula is C8H14FNO. The minimum atomic E-state index is -0.989. The second-order valence-corrected chi connectivity index (χ2v) is 2.93. The number of alkyl halides is 1. The molecule has 0 bridgehead atoms. The fraction of sp³-hybridized carbons (Fsp3) is 0.750. The molecule has 1 saturated heterocycles. The van der Waals surface area contributed by atoms with Crippen LogP contribution >= 0.6 is 0 Å². The van der Waals surface area contributed by atoms with Crippen LogP contribution in [0.15, 0.2) is 12.3 Å². The van der Waals surface area contributed by atoms with E-state index in [1.807, 2.05) is 6.92 Å². The topological polar surface area (TPSA) is 32.3 Å². The Hall–Kier alpha value is -0.570. The molecule has 2 nitrogen and oxygen atoms in total. The number of rotatable bonds is 2. The van der Waals surface area contributed by atoms with Gasteiger partial charge in [-0.2, -0.15) is 0 Å². The molecule has 3 heteroatoms. The van der Waals surface area contributed by atoms with Crippen molar-refractivity contribution in [2.75, 3.05) is 6.61 Å². The molecule has 0 aromatic heterocycles. The number of aliphatic hydroxyl groups is 1. The number of hydrogen-bond acceptors (Lipinski definition) is 2. The third-order valence-corrected chi connectivity index (χ3v) is 2.26. The van der Waals surface area contributed by atoms with Crippen molar-refractivity contribution in [1.29, 1.82) is 0 Å². The van der Waals surface area contributed by atoms with Crippen molar-refractivity contribution in [3.05, 3.63) is 12.3 Å². The summed E-state index contributed by atoms with van der Waals surface area (Å²) in [5.74, 6) is -0.104. The van der Waals surface area contributed by atoms with Crippen LogP contribution in [0.5, 0.6) is 0 Å². The average molecular weight is 159 g/mol. The molecule has 0 aromatic rings. The summed E-state index contributed by atoms with van der Waals surface area (Å²) in [4.78, 5) is 0. The number of aliphatic hydroxyl groups excluding tert-OH is 1. The van der Waals surface area contributed by atoms with E-state index in [1.54, 1.807) is 0 Å². The molecule has 2 N–H and O–H groups in total. The van der Waals surface area contributed by atoms with Crippen LogP contribution in [-0.4, -0.2) is 23.9 Å². The Morgan fingerprint density at radius 2 is 2.36 bits per heavy atom. The third-order valence-electron chi connectivity index (χ3n) is 2.26. The SMILES string of the molecule is C=C1N[C@H](CO)[C@H](CC)[C@@H]1F. The van der Waals surface area contributed by atoms with Crippen molar-refractivity contribution >= 4 is 0 Å². The first-order valence-electron chi connectivity index (χ1n) is 3.91. The molecule has 0 radical (unpaired) electrons. The third kappa shape index (κ3) is 1.38. The van der Waals surface area contributed by atoms with Crippen LogP contribution < -0.4 is 5.32 Å². The Labute approximate surface area is 66.1 Å². The summed E-state index contributed by atoms with van der Waals surface area (Å²) in [5, 5.41) is 11.7. The lowest BCUT2D eigenvalue weighted by atomic mass is 9.96. The van der Waals surface area contributed by atoms with Gasteiger partial charge in [0, 0.05) is 11.6 Å². The van der Waals surface area contributed by atoms with E-state index in [0.717, 1.165) is 6.42 Å². The summed E-state index contributed by atoms with van der Waals surface area (Å²) in [6.45, 7) is 5.44. The molecule has 64 valence electrons. The highest BCUT2D eigenvalue weighted by molar-refractivity contribution is 5.12. The van der Waals surface area contributed by atoms with E-state index < -0.39 is 6.17 Å². The lowest BCUT2D eigenvalue weighted by molar-refractivity contribution is 0.194. The maximum atomic E-state index is 13.1. The summed E-state index contributed by atoms with van der Waals surface area (Å²) in [6, 6.07) is -0.137. The van der Waals surface area contributed by atoms with E-state index in [9.17, 15) is 4.39 Å². The first-order chi connectivity index (χ1) is 5.20. The Morgan fingerprint density at radius 1 is 1.73 bits per heavy atom. The van der Waals surface area contributed by atoms with E-state index in [1.165, 1.54) is 0 Å². The highest BCUT2D eigenvalue weighted by Crippen LogP contribution is 2.27. The standard InChI is InChI=1S/C8H14FNO/c1-3-6-7(4-11)10-5(2)8(6)9/h6-8,10-11H,2-4H2,1H3/t6-,7+,8+/m0/s1. The van der Waals surface area contributed by atoms with Crippen LogP contribution in [0.3, 0.4) is 0 Å². The molecule has 1 fully saturated rings. The van der Waals surface area contributed by atoms with Gasteiger partial charge in [-0.05, 0) is 6.42 Å². The minimum absolute atomic E-state index is 0.0159. The van der Waals surface area contributed by atoms with Crippen molar-refractivity contribution in [3.63, 3.8) is 0 Å². The molecule has 1 rings (SSSR count). The van der Waals surface area contributed by atoms with Crippen LogP contribution in [0, 0.1) is 5.92 Å². The quantitative estimate of drug-likeness (QED) is 0.625. The second-order valence-electron chi connectivity index (χ2n) is 2.93. The van der Waals surface area contributed by atoms with E-state index in [0.29, 0.717) is 5.70 Å². The van der Waals surface area contributed by atoms with Crippen molar-refractivity contribution in [1.82, 2.24) is 5.32 Å². The Bertz CT molecular complexity index is 160. The molecule has 0 saturated carbocycles. The van der Waals surface area contributed by atoms with Gasteiger partial charge < -0.3 is 10.4 Å². The van der Waals surface area contributed by atoms with Gasteiger partial charge in [0.25, 0.3) is 0 Å². The van der Waals surface area contributed by atoms with Crippen LogP contribution in [0.4, 0.5) is 4.39 Å². The van der Waals surface area contributed by atoms with Gasteiger partial charge in [-0.15, -0.1) is 0 Å². The minimum Gasteiger partial charge on any atom is -0.394 e. The number of halogens is 1. The number of nitrogens with one attached hydrogen (secondary N) is 1. The van der Waals surface area contributed by atoms with E-state index >= 15 is 0 Å². The molecule has 0 aliphatic carbocycles. The van der Waals surface area contributed by atoms with Crippen molar-refractivity contribution in [2.24, 2.45) is 5.92 Å². The Morgan fingerprint density at radius 3 is 2.73 bits per heavy atom. The first kappa shape index (κ1) is 8.53. The van der Waals surface area contributed by atoms with Crippen LogP contribution in [-0.2, 0) is 0 Å². The molecule has 11 heavy (non-hydrogen) atoms.